The van der Waals surface area contributed by atoms with Gasteiger partial charge in [0.1, 0.15) is 18.1 Å². The highest BCUT2D eigenvalue weighted by molar-refractivity contribution is 5.79. The molecule has 0 spiro atoms. The van der Waals surface area contributed by atoms with Gasteiger partial charge in [-0.3, -0.25) is 4.79 Å². The molecule has 1 N–H and O–H groups in total. The zero-order valence-electron chi connectivity index (χ0n) is 16.3. The Kier molecular flexibility index (Phi) is 5.53. The Hall–Kier alpha value is -2.53. The second-order valence-corrected chi connectivity index (χ2v) is 7.66. The van der Waals surface area contributed by atoms with Crippen LogP contribution in [0.5, 0.6) is 11.5 Å². The van der Waals surface area contributed by atoms with Gasteiger partial charge in [0.05, 0.1) is 13.0 Å². The molecule has 1 atom stereocenters. The summed E-state index contributed by atoms with van der Waals surface area (Å²) < 4.78 is 16.7. The van der Waals surface area contributed by atoms with E-state index < -0.39 is 0 Å². The maximum Gasteiger partial charge on any atom is 0.226 e. The highest BCUT2D eigenvalue weighted by Gasteiger charge is 2.36. The molecule has 1 saturated heterocycles. The number of benzene rings is 2. The van der Waals surface area contributed by atoms with Gasteiger partial charge in [-0.1, -0.05) is 36.4 Å². The van der Waals surface area contributed by atoms with Gasteiger partial charge >= 0.3 is 0 Å². The van der Waals surface area contributed by atoms with E-state index in [4.69, 9.17) is 14.2 Å². The van der Waals surface area contributed by atoms with Crippen LogP contribution in [0.25, 0.3) is 0 Å². The summed E-state index contributed by atoms with van der Waals surface area (Å²) in [4.78, 5) is 12.9. The summed E-state index contributed by atoms with van der Waals surface area (Å²) in [6.07, 6.45) is 2.52. The van der Waals surface area contributed by atoms with Crippen molar-refractivity contribution in [3.8, 4) is 11.5 Å². The van der Waals surface area contributed by atoms with E-state index in [9.17, 15) is 4.79 Å². The van der Waals surface area contributed by atoms with Gasteiger partial charge in [-0.15, -0.1) is 0 Å². The summed E-state index contributed by atoms with van der Waals surface area (Å²) in [6.45, 7) is 2.48. The Morgan fingerprint density at radius 3 is 2.71 bits per heavy atom. The topological polar surface area (TPSA) is 56.8 Å². The lowest BCUT2D eigenvalue weighted by Crippen LogP contribution is -2.47. The third-order valence-electron chi connectivity index (χ3n) is 5.99. The SMILES string of the molecule is COc1ccc2c(c1)OCC(C(=O)NCC1(c3ccccc3)CCOCC1)C2. The first-order valence-electron chi connectivity index (χ1n) is 9.91. The Bertz CT molecular complexity index is 815. The maximum absolute atomic E-state index is 12.9. The molecule has 5 heteroatoms. The second kappa shape index (κ2) is 8.23. The molecule has 1 fully saturated rings. The minimum atomic E-state index is -0.173. The van der Waals surface area contributed by atoms with Crippen LogP contribution in [0.3, 0.4) is 0 Å². The minimum Gasteiger partial charge on any atom is -0.497 e. The van der Waals surface area contributed by atoms with Gasteiger partial charge in [0.15, 0.2) is 0 Å². The molecule has 0 bridgehead atoms. The molecular weight excluding hydrogens is 354 g/mol. The number of carbonyl (C=O) groups is 1. The molecule has 5 nitrogen and oxygen atoms in total. The number of fused-ring (bicyclic) bond motifs is 1. The molecule has 28 heavy (non-hydrogen) atoms. The molecule has 2 aromatic rings. The van der Waals surface area contributed by atoms with Crippen LogP contribution >= 0.6 is 0 Å². The summed E-state index contributed by atoms with van der Waals surface area (Å²) in [5.41, 5.74) is 2.27. The lowest BCUT2D eigenvalue weighted by molar-refractivity contribution is -0.126. The van der Waals surface area contributed by atoms with E-state index >= 15 is 0 Å². The lowest BCUT2D eigenvalue weighted by Gasteiger charge is -2.38. The molecule has 2 aliphatic rings. The first-order valence-corrected chi connectivity index (χ1v) is 9.91. The van der Waals surface area contributed by atoms with E-state index in [1.54, 1.807) is 7.11 Å². The van der Waals surface area contributed by atoms with Gasteiger partial charge in [0.2, 0.25) is 5.91 Å². The fraction of sp³-hybridized carbons (Fsp3) is 0.435. The van der Waals surface area contributed by atoms with Crippen LogP contribution in [0.2, 0.25) is 0 Å². The predicted molar refractivity (Wildman–Crippen MR) is 107 cm³/mol. The summed E-state index contributed by atoms with van der Waals surface area (Å²) in [6, 6.07) is 16.3. The van der Waals surface area contributed by atoms with E-state index in [0.717, 1.165) is 43.1 Å². The van der Waals surface area contributed by atoms with Crippen molar-refractivity contribution in [3.05, 3.63) is 59.7 Å². The van der Waals surface area contributed by atoms with Crippen LogP contribution in [-0.2, 0) is 21.4 Å². The molecule has 148 valence electrons. The van der Waals surface area contributed by atoms with Crippen molar-refractivity contribution in [1.29, 1.82) is 0 Å². The number of methoxy groups -OCH3 is 1. The molecule has 0 saturated carbocycles. The van der Waals surface area contributed by atoms with Gasteiger partial charge < -0.3 is 19.5 Å². The van der Waals surface area contributed by atoms with E-state index in [-0.39, 0.29) is 17.2 Å². The number of amides is 1. The van der Waals surface area contributed by atoms with Crippen molar-refractivity contribution < 1.29 is 19.0 Å². The molecule has 1 unspecified atom stereocenters. The van der Waals surface area contributed by atoms with Crippen molar-refractivity contribution in [2.24, 2.45) is 5.92 Å². The molecular formula is C23H27NO4. The quantitative estimate of drug-likeness (QED) is 0.865. The number of ether oxygens (including phenoxy) is 3. The average molecular weight is 381 g/mol. The standard InChI is InChI=1S/C23H27NO4/c1-26-20-8-7-17-13-18(15-28-21(17)14-20)22(25)24-16-23(9-11-27-12-10-23)19-5-3-2-4-6-19/h2-8,14,18H,9-13,15-16H2,1H3,(H,24,25). The molecule has 0 radical (unpaired) electrons. The summed E-state index contributed by atoms with van der Waals surface area (Å²) in [5, 5.41) is 3.22. The normalized spacial score (nSPS) is 20.5. The smallest absolute Gasteiger partial charge is 0.226 e. The largest absolute Gasteiger partial charge is 0.497 e. The monoisotopic (exact) mass is 381 g/mol. The zero-order chi connectivity index (χ0) is 19.4. The van der Waals surface area contributed by atoms with E-state index in [1.165, 1.54) is 5.56 Å². The number of carbonyl (C=O) groups excluding carboxylic acids is 1. The summed E-state index contributed by atoms with van der Waals surface area (Å²) >= 11 is 0. The third kappa shape index (κ3) is 3.85. The van der Waals surface area contributed by atoms with Crippen molar-refractivity contribution in [3.63, 3.8) is 0 Å². The number of nitrogens with one attached hydrogen (secondary N) is 1. The molecule has 2 heterocycles. The maximum atomic E-state index is 12.9. The Morgan fingerprint density at radius 2 is 1.96 bits per heavy atom. The number of hydrogen-bond donors (Lipinski definition) is 1. The number of rotatable bonds is 5. The van der Waals surface area contributed by atoms with Gasteiger partial charge in [0.25, 0.3) is 0 Å². The Balaban J connectivity index is 1.43. The molecule has 2 aliphatic heterocycles. The van der Waals surface area contributed by atoms with Crippen LogP contribution in [-0.4, -0.2) is 39.4 Å². The van der Waals surface area contributed by atoms with Gasteiger partial charge in [0, 0.05) is 31.2 Å². The van der Waals surface area contributed by atoms with Crippen LogP contribution in [0.15, 0.2) is 48.5 Å². The molecule has 0 aliphatic carbocycles. The fourth-order valence-corrected chi connectivity index (χ4v) is 4.17. The van der Waals surface area contributed by atoms with Crippen molar-refractivity contribution in [2.75, 3.05) is 33.5 Å². The van der Waals surface area contributed by atoms with Crippen LogP contribution < -0.4 is 14.8 Å². The molecule has 0 aromatic heterocycles. The van der Waals surface area contributed by atoms with E-state index in [1.807, 2.05) is 24.3 Å². The minimum absolute atomic E-state index is 0.0586. The zero-order valence-corrected chi connectivity index (χ0v) is 16.3. The molecule has 1 amide bonds. The van der Waals surface area contributed by atoms with Crippen molar-refractivity contribution in [2.45, 2.75) is 24.7 Å². The lowest BCUT2D eigenvalue weighted by atomic mass is 9.74. The van der Waals surface area contributed by atoms with E-state index in [2.05, 4.69) is 29.6 Å². The fourth-order valence-electron chi connectivity index (χ4n) is 4.17. The van der Waals surface area contributed by atoms with Gasteiger partial charge in [-0.25, -0.2) is 0 Å². The van der Waals surface area contributed by atoms with Crippen LogP contribution in [0.1, 0.15) is 24.0 Å². The van der Waals surface area contributed by atoms with Crippen LogP contribution in [0, 0.1) is 5.92 Å². The first-order chi connectivity index (χ1) is 13.7. The predicted octanol–water partition coefficient (Wildman–Crippen LogP) is 3.11. The Labute approximate surface area is 166 Å². The van der Waals surface area contributed by atoms with Crippen LogP contribution in [0.4, 0.5) is 0 Å². The van der Waals surface area contributed by atoms with E-state index in [0.29, 0.717) is 19.6 Å². The summed E-state index contributed by atoms with van der Waals surface area (Å²) in [5.74, 6) is 1.47. The van der Waals surface area contributed by atoms with Crippen molar-refractivity contribution >= 4 is 5.91 Å². The highest BCUT2D eigenvalue weighted by atomic mass is 16.5. The molecule has 2 aromatic carbocycles. The third-order valence-corrected chi connectivity index (χ3v) is 5.99. The van der Waals surface area contributed by atoms with Gasteiger partial charge in [-0.2, -0.15) is 0 Å². The summed E-state index contributed by atoms with van der Waals surface area (Å²) in [7, 11) is 1.64. The highest BCUT2D eigenvalue weighted by Crippen LogP contribution is 2.35. The Morgan fingerprint density at radius 1 is 1.18 bits per heavy atom. The van der Waals surface area contributed by atoms with Gasteiger partial charge in [-0.05, 0) is 36.5 Å². The second-order valence-electron chi connectivity index (χ2n) is 7.66. The molecule has 4 rings (SSSR count). The van der Waals surface area contributed by atoms with Crippen molar-refractivity contribution in [1.82, 2.24) is 5.32 Å². The first kappa shape index (κ1) is 18.8. The number of hydrogen-bond acceptors (Lipinski definition) is 4. The average Bonchev–Trinajstić information content (AvgIpc) is 2.78.